The molecule has 0 amide bonds. The number of hydrogen-bond acceptors (Lipinski definition) is 6. The zero-order valence-corrected chi connectivity index (χ0v) is 15.9. The molecule has 1 aliphatic rings. The lowest BCUT2D eigenvalue weighted by Gasteiger charge is -2.29. The van der Waals surface area contributed by atoms with Gasteiger partial charge >= 0.3 is 0 Å². The largest absolute Gasteiger partial charge is 0.511 e. The molecule has 0 saturated carbocycles. The van der Waals surface area contributed by atoms with E-state index >= 15 is 0 Å². The van der Waals surface area contributed by atoms with E-state index in [2.05, 4.69) is 34.1 Å². The highest BCUT2D eigenvalue weighted by Crippen LogP contribution is 2.33. The van der Waals surface area contributed by atoms with Crippen molar-refractivity contribution in [2.75, 3.05) is 12.3 Å². The summed E-state index contributed by atoms with van der Waals surface area (Å²) < 4.78 is 1.68. The molecule has 29 heavy (non-hydrogen) atoms. The first-order valence-electron chi connectivity index (χ1n) is 9.71. The summed E-state index contributed by atoms with van der Waals surface area (Å²) >= 11 is 0. The molecular weight excluding hydrogens is 364 g/mol. The second kappa shape index (κ2) is 6.86. The van der Waals surface area contributed by atoms with Crippen molar-refractivity contribution in [1.82, 2.24) is 24.9 Å². The summed E-state index contributed by atoms with van der Waals surface area (Å²) in [6.07, 6.45) is 5.32. The Bertz CT molecular complexity index is 1220. The third-order valence-corrected chi connectivity index (χ3v) is 5.69. The number of rotatable bonds is 3. The number of nitrogens with zero attached hydrogens (tertiary/aromatic N) is 4. The van der Waals surface area contributed by atoms with Gasteiger partial charge in [-0.15, -0.1) is 0 Å². The Morgan fingerprint density at radius 2 is 2.10 bits per heavy atom. The minimum Gasteiger partial charge on any atom is -0.511 e. The van der Waals surface area contributed by atoms with Gasteiger partial charge in [0.2, 0.25) is 0 Å². The molecular formula is C22H22N6O. The van der Waals surface area contributed by atoms with Crippen LogP contribution in [0.15, 0.2) is 61.1 Å². The molecule has 1 aliphatic heterocycles. The van der Waals surface area contributed by atoms with Crippen molar-refractivity contribution in [2.24, 2.45) is 0 Å². The Morgan fingerprint density at radius 3 is 2.90 bits per heavy atom. The van der Waals surface area contributed by atoms with Crippen LogP contribution in [0.2, 0.25) is 0 Å². The highest BCUT2D eigenvalue weighted by molar-refractivity contribution is 5.97. The van der Waals surface area contributed by atoms with Crippen molar-refractivity contribution < 1.29 is 5.11 Å². The number of aromatic nitrogens is 4. The zero-order valence-electron chi connectivity index (χ0n) is 15.9. The van der Waals surface area contributed by atoms with Crippen LogP contribution in [-0.2, 0) is 0 Å². The molecule has 1 saturated heterocycles. The van der Waals surface area contributed by atoms with E-state index in [1.54, 1.807) is 10.7 Å². The van der Waals surface area contributed by atoms with Crippen LogP contribution >= 0.6 is 0 Å². The first-order chi connectivity index (χ1) is 14.1. The number of nitrogen functional groups attached to an aromatic ring is 1. The number of benzene rings is 1. The van der Waals surface area contributed by atoms with Crippen LogP contribution in [0.4, 0.5) is 5.82 Å². The minimum absolute atomic E-state index is 0.0546. The zero-order chi connectivity index (χ0) is 20.0. The number of nitrogens with one attached hydrogen (secondary N) is 1. The van der Waals surface area contributed by atoms with Gasteiger partial charge in [-0.25, -0.2) is 4.98 Å². The molecule has 0 spiro atoms. The van der Waals surface area contributed by atoms with Crippen molar-refractivity contribution in [3.63, 3.8) is 0 Å². The van der Waals surface area contributed by atoms with Crippen molar-refractivity contribution in [3.05, 3.63) is 66.8 Å². The second-order valence-corrected chi connectivity index (χ2v) is 7.50. The first kappa shape index (κ1) is 17.6. The van der Waals surface area contributed by atoms with Gasteiger partial charge < -0.3 is 16.2 Å². The fraction of sp³-hybridized carbons (Fsp3) is 0.227. The fourth-order valence-corrected chi connectivity index (χ4v) is 4.14. The Balaban J connectivity index is 1.59. The van der Waals surface area contributed by atoms with Crippen molar-refractivity contribution in [1.29, 1.82) is 0 Å². The predicted octanol–water partition coefficient (Wildman–Crippen LogP) is 3.43. The summed E-state index contributed by atoms with van der Waals surface area (Å²) in [5.41, 5.74) is 10.9. The topological polar surface area (TPSA) is 101 Å². The normalized spacial score (nSPS) is 19.6. The minimum atomic E-state index is -0.0546. The maximum Gasteiger partial charge on any atom is 0.165 e. The number of hydrogen-bond donors (Lipinski definition) is 3. The highest BCUT2D eigenvalue weighted by atomic mass is 16.3. The molecule has 7 heteroatoms. The summed E-state index contributed by atoms with van der Waals surface area (Å²) in [5.74, 6) is 0.965. The number of aliphatic hydroxyl groups excluding tert-OH is 1. The third-order valence-electron chi connectivity index (χ3n) is 5.69. The van der Waals surface area contributed by atoms with Gasteiger partial charge in [-0.2, -0.15) is 9.61 Å². The lowest BCUT2D eigenvalue weighted by atomic mass is 9.91. The molecule has 4 aromatic rings. The van der Waals surface area contributed by atoms with E-state index < -0.39 is 0 Å². The Morgan fingerprint density at radius 1 is 1.21 bits per heavy atom. The van der Waals surface area contributed by atoms with Crippen LogP contribution in [0.3, 0.4) is 0 Å². The van der Waals surface area contributed by atoms with Gasteiger partial charge in [-0.1, -0.05) is 24.8 Å². The molecule has 4 N–H and O–H groups in total. The van der Waals surface area contributed by atoms with Crippen LogP contribution in [0.5, 0.6) is 0 Å². The summed E-state index contributed by atoms with van der Waals surface area (Å²) in [6.45, 7) is 4.35. The van der Waals surface area contributed by atoms with Crippen LogP contribution < -0.4 is 11.1 Å². The number of pyridine rings is 1. The van der Waals surface area contributed by atoms with Crippen LogP contribution in [-0.4, -0.2) is 37.3 Å². The average molecular weight is 386 g/mol. The maximum atomic E-state index is 9.63. The lowest BCUT2D eigenvalue weighted by molar-refractivity contribution is 0.293. The van der Waals surface area contributed by atoms with E-state index in [1.165, 1.54) is 0 Å². The van der Waals surface area contributed by atoms with Gasteiger partial charge in [0.25, 0.3) is 0 Å². The Labute approximate surface area is 167 Å². The van der Waals surface area contributed by atoms with Crippen LogP contribution in [0, 0.1) is 0 Å². The lowest BCUT2D eigenvalue weighted by Crippen LogP contribution is -2.39. The van der Waals surface area contributed by atoms with Gasteiger partial charge in [-0.05, 0) is 30.5 Å². The van der Waals surface area contributed by atoms with E-state index in [0.29, 0.717) is 12.4 Å². The molecule has 1 aromatic carbocycles. The predicted molar refractivity (Wildman–Crippen MR) is 114 cm³/mol. The number of anilines is 1. The molecule has 146 valence electrons. The van der Waals surface area contributed by atoms with E-state index in [0.717, 1.165) is 46.2 Å². The van der Waals surface area contributed by atoms with Crippen molar-refractivity contribution in [2.45, 2.75) is 24.8 Å². The molecule has 0 radical (unpaired) electrons. The van der Waals surface area contributed by atoms with Crippen molar-refractivity contribution >= 4 is 22.4 Å². The molecule has 3 aromatic heterocycles. The van der Waals surface area contributed by atoms with E-state index in [4.69, 9.17) is 10.7 Å². The Hall–Kier alpha value is -3.45. The van der Waals surface area contributed by atoms with Crippen LogP contribution in [0.25, 0.3) is 27.7 Å². The van der Waals surface area contributed by atoms with Crippen LogP contribution in [0.1, 0.15) is 24.5 Å². The quantitative estimate of drug-likeness (QED) is 0.466. The monoisotopic (exact) mass is 386 g/mol. The fourth-order valence-electron chi connectivity index (χ4n) is 4.14. The van der Waals surface area contributed by atoms with Gasteiger partial charge in [0.1, 0.15) is 11.6 Å². The third kappa shape index (κ3) is 3.00. The molecule has 1 fully saturated rings. The molecule has 7 nitrogen and oxygen atoms in total. The van der Waals surface area contributed by atoms with Gasteiger partial charge in [0, 0.05) is 35.7 Å². The van der Waals surface area contributed by atoms with Gasteiger partial charge in [0.15, 0.2) is 5.65 Å². The molecule has 5 rings (SSSR count). The first-order valence-corrected chi connectivity index (χ1v) is 9.71. The average Bonchev–Trinajstić information content (AvgIpc) is 3.18. The summed E-state index contributed by atoms with van der Waals surface area (Å²) in [4.78, 5) is 9.40. The van der Waals surface area contributed by atoms with Gasteiger partial charge in [0.05, 0.1) is 23.4 Å². The highest BCUT2D eigenvalue weighted by Gasteiger charge is 2.25. The maximum absolute atomic E-state index is 9.63. The molecule has 0 aliphatic carbocycles. The number of piperidine rings is 1. The van der Waals surface area contributed by atoms with E-state index in [-0.39, 0.29) is 17.7 Å². The van der Waals surface area contributed by atoms with Crippen molar-refractivity contribution in [3.8, 4) is 11.1 Å². The van der Waals surface area contributed by atoms with Gasteiger partial charge in [-0.3, -0.25) is 4.98 Å². The van der Waals surface area contributed by atoms with E-state index in [1.807, 2.05) is 30.5 Å². The SMILES string of the molecule is C=C(O)C1CCC(c2cc(N)n3ncc(-c4cccc5ncccc45)c3n2)CN1. The summed E-state index contributed by atoms with van der Waals surface area (Å²) in [5, 5.41) is 18.5. The molecule has 0 bridgehead atoms. The molecule has 2 atom stereocenters. The number of fused-ring (bicyclic) bond motifs is 2. The Kier molecular flexibility index (Phi) is 4.17. The number of nitrogens with two attached hydrogens (primary N) is 1. The molecule has 4 heterocycles. The summed E-state index contributed by atoms with van der Waals surface area (Å²) in [7, 11) is 0. The molecule has 2 unspecified atom stereocenters. The smallest absolute Gasteiger partial charge is 0.165 e. The standard InChI is InChI=1S/C22H22N6O/c1-13(29)18-8-7-14(11-25-18)20-10-21(23)28-22(27-20)17(12-26-28)15-4-2-6-19-16(15)5-3-9-24-19/h2-6,9-10,12,14,18,25,29H,1,7-8,11,23H2. The number of aliphatic hydroxyl groups is 1. The summed E-state index contributed by atoms with van der Waals surface area (Å²) in [6, 6.07) is 11.9. The van der Waals surface area contributed by atoms with E-state index in [9.17, 15) is 5.11 Å². The second-order valence-electron chi connectivity index (χ2n) is 7.50.